The maximum Gasteiger partial charge on any atom is 0.287 e. The molecule has 0 aliphatic heterocycles. The lowest BCUT2D eigenvalue weighted by Crippen LogP contribution is -2.22. The molecule has 3 aromatic rings. The summed E-state index contributed by atoms with van der Waals surface area (Å²) in [6, 6.07) is 10.8. The second-order valence-electron chi connectivity index (χ2n) is 5.45. The zero-order chi connectivity index (χ0) is 18.5. The van der Waals surface area contributed by atoms with Gasteiger partial charge in [0.05, 0.1) is 16.0 Å². The van der Waals surface area contributed by atoms with Crippen LogP contribution in [0.5, 0.6) is 5.75 Å². The van der Waals surface area contributed by atoms with E-state index in [1.165, 1.54) is 0 Å². The van der Waals surface area contributed by atoms with Crippen LogP contribution in [0.2, 0.25) is 5.02 Å². The first kappa shape index (κ1) is 18.5. The summed E-state index contributed by atoms with van der Waals surface area (Å²) < 4.78 is 13.8. The number of rotatable bonds is 7. The minimum absolute atomic E-state index is 0.210. The number of nitrogens with zero attached hydrogens (tertiary/aromatic N) is 2. The predicted octanol–water partition coefficient (Wildman–Crippen LogP) is 4.42. The van der Waals surface area contributed by atoms with Crippen LogP contribution in [0.4, 0.5) is 0 Å². The third-order valence-corrected chi connectivity index (χ3v) is 4.59. The Morgan fingerprint density at radius 1 is 1.35 bits per heavy atom. The fraction of sp³-hybridized carbons (Fsp3) is 0.222. The average Bonchev–Trinajstić information content (AvgIpc) is 3.25. The van der Waals surface area contributed by atoms with Crippen LogP contribution < -0.4 is 10.1 Å². The monoisotopic (exact) mass is 437 g/mol. The third-order valence-electron chi connectivity index (χ3n) is 3.62. The largest absolute Gasteiger partial charge is 0.484 e. The summed E-state index contributed by atoms with van der Waals surface area (Å²) in [5, 5.41) is 7.56. The van der Waals surface area contributed by atoms with Gasteiger partial charge < -0.3 is 14.5 Å². The van der Waals surface area contributed by atoms with Gasteiger partial charge >= 0.3 is 0 Å². The number of aromatic nitrogens is 2. The van der Waals surface area contributed by atoms with E-state index in [-0.39, 0.29) is 24.8 Å². The van der Waals surface area contributed by atoms with Gasteiger partial charge in [0, 0.05) is 12.7 Å². The molecule has 0 saturated heterocycles. The van der Waals surface area contributed by atoms with E-state index in [4.69, 9.17) is 20.8 Å². The van der Waals surface area contributed by atoms with Crippen molar-refractivity contribution in [2.45, 2.75) is 26.6 Å². The fourth-order valence-electron chi connectivity index (χ4n) is 2.26. The molecule has 0 unspecified atom stereocenters. The second-order valence-corrected chi connectivity index (χ2v) is 6.71. The molecule has 0 atom stereocenters. The van der Waals surface area contributed by atoms with Crippen molar-refractivity contribution in [3.05, 3.63) is 69.3 Å². The Hall–Kier alpha value is -2.25. The first-order valence-corrected chi connectivity index (χ1v) is 9.20. The number of hydrogen-bond acceptors (Lipinski definition) is 4. The number of carbonyl (C=O) groups is 1. The summed E-state index contributed by atoms with van der Waals surface area (Å²) in [7, 11) is 0. The molecule has 136 valence electrons. The van der Waals surface area contributed by atoms with Crippen molar-refractivity contribution in [3.63, 3.8) is 0 Å². The number of aryl methyl sites for hydroxylation is 1. The Kier molecular flexibility index (Phi) is 6.00. The maximum atomic E-state index is 12.2. The van der Waals surface area contributed by atoms with Crippen LogP contribution in [-0.2, 0) is 19.7 Å². The fourth-order valence-corrected chi connectivity index (χ4v) is 2.87. The summed E-state index contributed by atoms with van der Waals surface area (Å²) in [5.74, 6) is 1.14. The number of para-hydroxylation sites is 1. The number of hydrogen-bond donors (Lipinski definition) is 1. The van der Waals surface area contributed by atoms with Crippen LogP contribution in [0.15, 0.2) is 51.5 Å². The smallest absolute Gasteiger partial charge is 0.287 e. The van der Waals surface area contributed by atoms with E-state index in [0.29, 0.717) is 28.8 Å². The molecule has 6 nitrogen and oxygen atoms in total. The van der Waals surface area contributed by atoms with Crippen molar-refractivity contribution < 1.29 is 13.9 Å². The normalized spacial score (nSPS) is 10.7. The summed E-state index contributed by atoms with van der Waals surface area (Å²) in [4.78, 5) is 12.2. The molecule has 26 heavy (non-hydrogen) atoms. The van der Waals surface area contributed by atoms with E-state index < -0.39 is 0 Å². The van der Waals surface area contributed by atoms with E-state index in [0.717, 1.165) is 4.47 Å². The molecule has 1 N–H and O–H groups in total. The quantitative estimate of drug-likeness (QED) is 0.593. The minimum atomic E-state index is -0.334. The molecule has 1 amide bonds. The van der Waals surface area contributed by atoms with Crippen LogP contribution in [-0.4, -0.2) is 15.7 Å². The van der Waals surface area contributed by atoms with Gasteiger partial charge in [-0.1, -0.05) is 23.7 Å². The molecule has 2 heterocycles. The van der Waals surface area contributed by atoms with E-state index in [2.05, 4.69) is 26.3 Å². The SMILES string of the molecule is CCn1cc(Cl)c(CNC(=O)c2ccc(COc3ccccc3Br)o2)n1. The number of ether oxygens (including phenoxy) is 1. The van der Waals surface area contributed by atoms with Gasteiger partial charge in [0.1, 0.15) is 23.8 Å². The Morgan fingerprint density at radius 3 is 2.88 bits per heavy atom. The highest BCUT2D eigenvalue weighted by atomic mass is 79.9. The Bertz CT molecular complexity index is 907. The van der Waals surface area contributed by atoms with Gasteiger partial charge in [0.2, 0.25) is 0 Å². The summed E-state index contributed by atoms with van der Waals surface area (Å²) in [6.45, 7) is 3.13. The zero-order valence-corrected chi connectivity index (χ0v) is 16.4. The van der Waals surface area contributed by atoms with E-state index in [9.17, 15) is 4.79 Å². The molecule has 2 aromatic heterocycles. The molecular weight excluding hydrogens is 422 g/mol. The van der Waals surface area contributed by atoms with Crippen LogP contribution >= 0.6 is 27.5 Å². The third kappa shape index (κ3) is 4.47. The lowest BCUT2D eigenvalue weighted by atomic mass is 10.3. The lowest BCUT2D eigenvalue weighted by molar-refractivity contribution is 0.0918. The van der Waals surface area contributed by atoms with Crippen molar-refractivity contribution in [1.29, 1.82) is 0 Å². The molecule has 8 heteroatoms. The lowest BCUT2D eigenvalue weighted by Gasteiger charge is -2.06. The molecule has 0 aliphatic carbocycles. The van der Waals surface area contributed by atoms with Crippen molar-refractivity contribution in [3.8, 4) is 5.75 Å². The van der Waals surface area contributed by atoms with Crippen LogP contribution in [0.1, 0.15) is 28.9 Å². The van der Waals surface area contributed by atoms with Gasteiger partial charge in [0.15, 0.2) is 5.76 Å². The van der Waals surface area contributed by atoms with Gasteiger partial charge in [-0.05, 0) is 47.1 Å². The predicted molar refractivity (Wildman–Crippen MR) is 101 cm³/mol. The molecule has 3 rings (SSSR count). The van der Waals surface area contributed by atoms with Gasteiger partial charge in [-0.3, -0.25) is 9.48 Å². The zero-order valence-electron chi connectivity index (χ0n) is 14.0. The van der Waals surface area contributed by atoms with Crippen molar-refractivity contribution in [2.24, 2.45) is 0 Å². The summed E-state index contributed by atoms with van der Waals surface area (Å²) in [5.41, 5.74) is 0.617. The first-order chi connectivity index (χ1) is 12.6. The Morgan fingerprint density at radius 2 is 2.15 bits per heavy atom. The van der Waals surface area contributed by atoms with Gasteiger partial charge in [0.25, 0.3) is 5.91 Å². The van der Waals surface area contributed by atoms with Gasteiger partial charge in [-0.25, -0.2) is 0 Å². The maximum absolute atomic E-state index is 12.2. The number of carbonyl (C=O) groups excluding carboxylic acids is 1. The highest BCUT2D eigenvalue weighted by Crippen LogP contribution is 2.25. The molecule has 0 radical (unpaired) electrons. The average molecular weight is 439 g/mol. The van der Waals surface area contributed by atoms with Gasteiger partial charge in [-0.15, -0.1) is 0 Å². The van der Waals surface area contributed by atoms with Crippen LogP contribution in [0.25, 0.3) is 0 Å². The molecule has 0 saturated carbocycles. The number of furan rings is 1. The molecule has 0 fully saturated rings. The van der Waals surface area contributed by atoms with E-state index in [1.54, 1.807) is 23.0 Å². The van der Waals surface area contributed by atoms with Crippen molar-refractivity contribution >= 4 is 33.4 Å². The second kappa shape index (κ2) is 8.42. The Labute approximate surface area is 164 Å². The van der Waals surface area contributed by atoms with Crippen LogP contribution in [0.3, 0.4) is 0 Å². The van der Waals surface area contributed by atoms with Crippen molar-refractivity contribution in [1.82, 2.24) is 15.1 Å². The van der Waals surface area contributed by atoms with E-state index in [1.807, 2.05) is 31.2 Å². The summed E-state index contributed by atoms with van der Waals surface area (Å²) in [6.07, 6.45) is 1.73. The number of benzene rings is 1. The number of nitrogens with one attached hydrogen (secondary N) is 1. The van der Waals surface area contributed by atoms with Crippen LogP contribution in [0, 0.1) is 0 Å². The van der Waals surface area contributed by atoms with Gasteiger partial charge in [-0.2, -0.15) is 5.10 Å². The highest BCUT2D eigenvalue weighted by molar-refractivity contribution is 9.10. The summed E-state index contributed by atoms with van der Waals surface area (Å²) >= 11 is 9.51. The minimum Gasteiger partial charge on any atom is -0.484 e. The van der Waals surface area contributed by atoms with E-state index >= 15 is 0 Å². The molecular formula is C18H17BrClN3O3. The number of halogens is 2. The molecule has 1 aromatic carbocycles. The topological polar surface area (TPSA) is 69.3 Å². The molecule has 0 aliphatic rings. The Balaban J connectivity index is 1.56. The van der Waals surface area contributed by atoms with Crippen molar-refractivity contribution in [2.75, 3.05) is 0 Å². The molecule has 0 spiro atoms. The number of amides is 1. The standard InChI is InChI=1S/C18H17BrClN3O3/c1-2-23-10-14(20)15(22-23)9-21-18(24)17-8-7-12(26-17)11-25-16-6-4-3-5-13(16)19/h3-8,10H,2,9,11H2,1H3,(H,21,24). The first-order valence-electron chi connectivity index (χ1n) is 8.03. The molecule has 0 bridgehead atoms. The highest BCUT2D eigenvalue weighted by Gasteiger charge is 2.14.